The first kappa shape index (κ1) is 22.3. The Morgan fingerprint density at radius 1 is 0.852 bits per heavy atom. The van der Waals surface area contributed by atoms with Crippen LogP contribution in [0.3, 0.4) is 0 Å². The molecular formula is C20H32O6S. The molecule has 0 aromatic heterocycles. The minimum absolute atomic E-state index is 0.110. The summed E-state index contributed by atoms with van der Waals surface area (Å²) in [6.07, 6.45) is 5.93. The molecule has 7 heteroatoms. The Balaban J connectivity index is 0.000000244. The number of aryl methyl sites for hydroxylation is 1. The summed E-state index contributed by atoms with van der Waals surface area (Å²) in [4.78, 5) is 0.144. The monoisotopic (exact) mass is 400 g/mol. The lowest BCUT2D eigenvalue weighted by atomic mass is 9.95. The highest BCUT2D eigenvalue weighted by Crippen LogP contribution is 2.25. The third kappa shape index (κ3) is 6.84. The summed E-state index contributed by atoms with van der Waals surface area (Å²) in [6, 6.07) is 6.51. The van der Waals surface area contributed by atoms with Gasteiger partial charge < -0.3 is 14.9 Å². The van der Waals surface area contributed by atoms with Gasteiger partial charge in [0.2, 0.25) is 0 Å². The third-order valence-electron chi connectivity index (χ3n) is 5.20. The SMILES string of the molecule is CO[C@H]1CCCC[C@H]1O.Cc1ccc(S(=O)(=O)O[C@H]2CCCC[C@H]2O)cc1. The molecule has 3 rings (SSSR count). The molecule has 1 aromatic rings. The number of rotatable bonds is 4. The van der Waals surface area contributed by atoms with Gasteiger partial charge in [-0.2, -0.15) is 8.42 Å². The predicted octanol–water partition coefficient (Wildman–Crippen LogP) is 2.94. The van der Waals surface area contributed by atoms with Gasteiger partial charge in [-0.25, -0.2) is 0 Å². The molecule has 2 fully saturated rings. The largest absolute Gasteiger partial charge is 0.390 e. The Kier molecular flexibility index (Phi) is 8.69. The second-order valence-electron chi connectivity index (χ2n) is 7.38. The molecule has 6 nitrogen and oxygen atoms in total. The number of benzene rings is 1. The smallest absolute Gasteiger partial charge is 0.297 e. The van der Waals surface area contributed by atoms with Crippen LogP contribution < -0.4 is 0 Å². The van der Waals surface area contributed by atoms with Crippen molar-refractivity contribution in [1.29, 1.82) is 0 Å². The fourth-order valence-electron chi connectivity index (χ4n) is 3.46. The molecule has 2 aliphatic rings. The Bertz CT molecular complexity index is 658. The van der Waals surface area contributed by atoms with Crippen molar-refractivity contribution in [3.8, 4) is 0 Å². The maximum atomic E-state index is 12.0. The van der Waals surface area contributed by atoms with E-state index in [0.29, 0.717) is 12.8 Å². The molecule has 154 valence electrons. The van der Waals surface area contributed by atoms with Crippen LogP contribution in [0.2, 0.25) is 0 Å². The summed E-state index contributed by atoms with van der Waals surface area (Å²) >= 11 is 0. The van der Waals surface area contributed by atoms with Gasteiger partial charge in [0, 0.05) is 7.11 Å². The van der Waals surface area contributed by atoms with Gasteiger partial charge in [0.25, 0.3) is 10.1 Å². The van der Waals surface area contributed by atoms with Crippen molar-refractivity contribution in [2.75, 3.05) is 7.11 Å². The van der Waals surface area contributed by atoms with Crippen LogP contribution >= 0.6 is 0 Å². The molecule has 27 heavy (non-hydrogen) atoms. The number of aliphatic hydroxyl groups excluding tert-OH is 2. The molecule has 0 spiro atoms. The molecule has 0 amide bonds. The average Bonchev–Trinajstić information content (AvgIpc) is 2.65. The minimum Gasteiger partial charge on any atom is -0.390 e. The van der Waals surface area contributed by atoms with E-state index in [-0.39, 0.29) is 17.1 Å². The molecule has 2 aliphatic carbocycles. The van der Waals surface area contributed by atoms with Crippen molar-refractivity contribution in [2.24, 2.45) is 0 Å². The fraction of sp³-hybridized carbons (Fsp3) is 0.700. The predicted molar refractivity (Wildman–Crippen MR) is 103 cm³/mol. The topological polar surface area (TPSA) is 93.1 Å². The van der Waals surface area contributed by atoms with E-state index in [0.717, 1.165) is 37.7 Å². The highest BCUT2D eigenvalue weighted by Gasteiger charge is 2.29. The molecule has 0 heterocycles. The second-order valence-corrected chi connectivity index (χ2v) is 8.95. The van der Waals surface area contributed by atoms with Gasteiger partial charge in [-0.15, -0.1) is 0 Å². The van der Waals surface area contributed by atoms with Gasteiger partial charge in [-0.05, 0) is 44.7 Å². The van der Waals surface area contributed by atoms with Gasteiger partial charge in [0.1, 0.15) is 6.10 Å². The molecule has 2 saturated carbocycles. The first-order chi connectivity index (χ1) is 12.8. The number of hydrogen-bond donors (Lipinski definition) is 2. The fourth-order valence-corrected chi connectivity index (χ4v) is 4.60. The zero-order chi connectivity index (χ0) is 19.9. The zero-order valence-electron chi connectivity index (χ0n) is 16.2. The third-order valence-corrected chi connectivity index (χ3v) is 6.55. The van der Waals surface area contributed by atoms with E-state index in [1.165, 1.54) is 18.6 Å². The minimum atomic E-state index is -3.77. The van der Waals surface area contributed by atoms with Crippen molar-refractivity contribution >= 4 is 10.1 Å². The van der Waals surface area contributed by atoms with Crippen molar-refractivity contribution in [1.82, 2.24) is 0 Å². The zero-order valence-corrected chi connectivity index (χ0v) is 17.0. The van der Waals surface area contributed by atoms with Crippen LogP contribution in [0.25, 0.3) is 0 Å². The lowest BCUT2D eigenvalue weighted by molar-refractivity contribution is -0.0359. The van der Waals surface area contributed by atoms with Gasteiger partial charge >= 0.3 is 0 Å². The van der Waals surface area contributed by atoms with Crippen LogP contribution in [-0.2, 0) is 19.0 Å². The van der Waals surface area contributed by atoms with Gasteiger partial charge in [0.15, 0.2) is 0 Å². The summed E-state index contributed by atoms with van der Waals surface area (Å²) in [5.74, 6) is 0. The van der Waals surface area contributed by atoms with Gasteiger partial charge in [-0.3, -0.25) is 4.18 Å². The molecule has 0 bridgehead atoms. The summed E-state index contributed by atoms with van der Waals surface area (Å²) in [7, 11) is -2.10. The summed E-state index contributed by atoms with van der Waals surface area (Å²) in [5, 5.41) is 19.0. The van der Waals surface area contributed by atoms with Gasteiger partial charge in [0.05, 0.1) is 23.2 Å². The average molecular weight is 401 g/mol. The Morgan fingerprint density at radius 2 is 1.33 bits per heavy atom. The maximum Gasteiger partial charge on any atom is 0.297 e. The number of methoxy groups -OCH3 is 1. The number of ether oxygens (including phenoxy) is 1. The van der Waals surface area contributed by atoms with Crippen molar-refractivity contribution in [3.63, 3.8) is 0 Å². The van der Waals surface area contributed by atoms with Crippen LogP contribution in [-0.4, -0.2) is 50.2 Å². The second kappa shape index (κ2) is 10.5. The standard InChI is InChI=1S/C13H18O4S.C7H14O2/c1-10-6-8-11(9-7-10)18(15,16)17-13-5-3-2-4-12(13)14;1-9-7-5-3-2-4-6(7)8/h6-9,12-14H,2-5H2,1H3;6-8H,2-5H2,1H3/t12-,13+;6-,7+/m11/s1. The molecule has 2 N–H and O–H groups in total. The van der Waals surface area contributed by atoms with E-state index in [1.807, 2.05) is 6.92 Å². The first-order valence-corrected chi connectivity index (χ1v) is 11.1. The number of aliphatic hydroxyl groups is 2. The highest BCUT2D eigenvalue weighted by atomic mass is 32.2. The molecule has 4 atom stereocenters. The maximum absolute atomic E-state index is 12.0. The molecule has 0 aliphatic heterocycles. The summed E-state index contributed by atoms with van der Waals surface area (Å²) < 4.78 is 34.2. The van der Waals surface area contributed by atoms with Crippen LogP contribution in [0.5, 0.6) is 0 Å². The highest BCUT2D eigenvalue weighted by molar-refractivity contribution is 7.86. The molecular weight excluding hydrogens is 368 g/mol. The van der Waals surface area contributed by atoms with Crippen LogP contribution in [0.15, 0.2) is 29.2 Å². The van der Waals surface area contributed by atoms with E-state index in [2.05, 4.69) is 0 Å². The van der Waals surface area contributed by atoms with E-state index in [4.69, 9.17) is 8.92 Å². The van der Waals surface area contributed by atoms with Crippen molar-refractivity contribution in [3.05, 3.63) is 29.8 Å². The van der Waals surface area contributed by atoms with Crippen molar-refractivity contribution < 1.29 is 27.6 Å². The number of hydrogen-bond acceptors (Lipinski definition) is 6. The molecule has 0 radical (unpaired) electrons. The lowest BCUT2D eigenvalue weighted by Crippen LogP contribution is -2.34. The summed E-state index contributed by atoms with van der Waals surface area (Å²) in [6.45, 7) is 1.89. The van der Waals surface area contributed by atoms with Gasteiger partial charge in [-0.1, -0.05) is 43.4 Å². The van der Waals surface area contributed by atoms with E-state index >= 15 is 0 Å². The molecule has 0 unspecified atom stereocenters. The molecule has 1 aromatic carbocycles. The van der Waals surface area contributed by atoms with Crippen molar-refractivity contribution in [2.45, 2.75) is 87.6 Å². The van der Waals surface area contributed by atoms with E-state index in [9.17, 15) is 18.6 Å². The quantitative estimate of drug-likeness (QED) is 0.755. The Labute approximate surface area is 162 Å². The van der Waals surface area contributed by atoms with E-state index in [1.54, 1.807) is 19.2 Å². The Morgan fingerprint density at radius 3 is 1.78 bits per heavy atom. The first-order valence-electron chi connectivity index (χ1n) is 9.72. The van der Waals surface area contributed by atoms with E-state index < -0.39 is 22.3 Å². The summed E-state index contributed by atoms with van der Waals surface area (Å²) in [5.41, 5.74) is 0.992. The Hall–Kier alpha value is -0.990. The lowest BCUT2D eigenvalue weighted by Gasteiger charge is -2.26. The van der Waals surface area contributed by atoms with Crippen LogP contribution in [0, 0.1) is 6.92 Å². The van der Waals surface area contributed by atoms with Crippen LogP contribution in [0.4, 0.5) is 0 Å². The normalized spacial score (nSPS) is 28.9. The molecule has 0 saturated heterocycles. The van der Waals surface area contributed by atoms with Crippen LogP contribution in [0.1, 0.15) is 56.9 Å².